The molecule has 0 radical (unpaired) electrons. The zero-order valence-electron chi connectivity index (χ0n) is 11.1. The molecule has 1 heterocycles. The number of nitrogens with one attached hydrogen (secondary N) is 1. The van der Waals surface area contributed by atoms with Crippen LogP contribution in [0.3, 0.4) is 0 Å². The molecule has 0 spiro atoms. The maximum atomic E-state index is 12.2. The first-order valence-corrected chi connectivity index (χ1v) is 6.15. The molecule has 1 atom stereocenters. The number of hydrogen-bond acceptors (Lipinski definition) is 3. The lowest BCUT2D eigenvalue weighted by Crippen LogP contribution is -2.19. The van der Waals surface area contributed by atoms with E-state index in [1.165, 1.54) is 0 Å². The van der Waals surface area contributed by atoms with E-state index in [-0.39, 0.29) is 11.8 Å². The smallest absolute Gasteiger partial charge is 0.231 e. The first-order valence-electron chi connectivity index (χ1n) is 6.15. The predicted molar refractivity (Wildman–Crippen MR) is 76.9 cm³/mol. The fourth-order valence-electron chi connectivity index (χ4n) is 1.85. The second-order valence-corrected chi connectivity index (χ2v) is 4.57. The molecule has 0 aliphatic rings. The number of nitrogen functional groups attached to an aromatic ring is 1. The Balaban J connectivity index is 2.12. The molecule has 1 aromatic carbocycles. The lowest BCUT2D eigenvalue weighted by Gasteiger charge is -2.13. The molecule has 1 aromatic heterocycles. The van der Waals surface area contributed by atoms with E-state index in [2.05, 4.69) is 10.3 Å². The Kier molecular flexibility index (Phi) is 3.80. The summed E-state index contributed by atoms with van der Waals surface area (Å²) in [6.45, 7) is 3.75. The van der Waals surface area contributed by atoms with Crippen LogP contribution in [0.25, 0.3) is 0 Å². The Morgan fingerprint density at radius 1 is 1.32 bits per heavy atom. The SMILES string of the molecule is Cc1cc(NC(=O)C(C)c2cccc(N)c2)ccn1. The number of carbonyl (C=O) groups excluding carboxylic acids is 1. The van der Waals surface area contributed by atoms with Crippen LogP contribution in [0.15, 0.2) is 42.6 Å². The first-order chi connectivity index (χ1) is 9.06. The highest BCUT2D eigenvalue weighted by molar-refractivity contribution is 5.95. The number of rotatable bonds is 3. The Morgan fingerprint density at radius 3 is 2.79 bits per heavy atom. The van der Waals surface area contributed by atoms with Gasteiger partial charge in [-0.05, 0) is 43.7 Å². The van der Waals surface area contributed by atoms with E-state index in [1.807, 2.05) is 38.1 Å². The summed E-state index contributed by atoms with van der Waals surface area (Å²) in [7, 11) is 0. The summed E-state index contributed by atoms with van der Waals surface area (Å²) in [6, 6.07) is 11.0. The summed E-state index contributed by atoms with van der Waals surface area (Å²) in [5.74, 6) is -0.312. The number of aromatic nitrogens is 1. The molecule has 19 heavy (non-hydrogen) atoms. The molecular weight excluding hydrogens is 238 g/mol. The minimum atomic E-state index is -0.253. The predicted octanol–water partition coefficient (Wildman–Crippen LogP) is 2.71. The molecule has 0 aliphatic heterocycles. The van der Waals surface area contributed by atoms with Gasteiger partial charge in [0.2, 0.25) is 5.91 Å². The van der Waals surface area contributed by atoms with Crippen molar-refractivity contribution in [1.82, 2.24) is 4.98 Å². The summed E-state index contributed by atoms with van der Waals surface area (Å²) in [5.41, 5.74) is 8.93. The molecule has 0 aliphatic carbocycles. The molecular formula is C15H17N3O. The van der Waals surface area contributed by atoms with Crippen molar-refractivity contribution in [2.45, 2.75) is 19.8 Å². The molecule has 0 bridgehead atoms. The van der Waals surface area contributed by atoms with Crippen molar-refractivity contribution in [2.24, 2.45) is 0 Å². The molecule has 1 amide bonds. The molecule has 0 saturated carbocycles. The standard InChI is InChI=1S/C15H17N3O/c1-10-8-14(6-7-17-10)18-15(19)11(2)12-4-3-5-13(16)9-12/h3-9,11H,16H2,1-2H3,(H,17,18,19). The van der Waals surface area contributed by atoms with E-state index < -0.39 is 0 Å². The molecule has 0 saturated heterocycles. The number of pyridine rings is 1. The summed E-state index contributed by atoms with van der Waals surface area (Å²) >= 11 is 0. The quantitative estimate of drug-likeness (QED) is 0.829. The summed E-state index contributed by atoms with van der Waals surface area (Å²) in [4.78, 5) is 16.3. The molecule has 3 N–H and O–H groups in total. The number of hydrogen-bond donors (Lipinski definition) is 2. The van der Waals surface area contributed by atoms with Gasteiger partial charge in [0.15, 0.2) is 0 Å². The number of aryl methyl sites for hydroxylation is 1. The average molecular weight is 255 g/mol. The van der Waals surface area contributed by atoms with Crippen LogP contribution in [0.5, 0.6) is 0 Å². The van der Waals surface area contributed by atoms with Crippen LogP contribution in [0, 0.1) is 6.92 Å². The van der Waals surface area contributed by atoms with Gasteiger partial charge in [0, 0.05) is 23.3 Å². The molecule has 0 fully saturated rings. The van der Waals surface area contributed by atoms with E-state index in [9.17, 15) is 4.79 Å². The molecule has 4 nitrogen and oxygen atoms in total. The minimum Gasteiger partial charge on any atom is -0.399 e. The van der Waals surface area contributed by atoms with Gasteiger partial charge in [-0.2, -0.15) is 0 Å². The van der Waals surface area contributed by atoms with Crippen LogP contribution in [-0.2, 0) is 4.79 Å². The van der Waals surface area contributed by atoms with Gasteiger partial charge in [-0.3, -0.25) is 9.78 Å². The van der Waals surface area contributed by atoms with E-state index in [4.69, 9.17) is 5.73 Å². The van der Waals surface area contributed by atoms with Gasteiger partial charge in [0.25, 0.3) is 0 Å². The second-order valence-electron chi connectivity index (χ2n) is 4.57. The van der Waals surface area contributed by atoms with Crippen molar-refractivity contribution < 1.29 is 4.79 Å². The van der Waals surface area contributed by atoms with Gasteiger partial charge >= 0.3 is 0 Å². The first kappa shape index (κ1) is 13.1. The molecule has 98 valence electrons. The maximum absolute atomic E-state index is 12.2. The molecule has 2 aromatic rings. The molecule has 2 rings (SSSR count). The van der Waals surface area contributed by atoms with Gasteiger partial charge in [0.1, 0.15) is 0 Å². The van der Waals surface area contributed by atoms with Crippen molar-refractivity contribution in [3.05, 3.63) is 53.9 Å². The maximum Gasteiger partial charge on any atom is 0.231 e. The fraction of sp³-hybridized carbons (Fsp3) is 0.200. The van der Waals surface area contributed by atoms with Crippen LogP contribution in [-0.4, -0.2) is 10.9 Å². The van der Waals surface area contributed by atoms with Gasteiger partial charge < -0.3 is 11.1 Å². The molecule has 1 unspecified atom stereocenters. The number of amides is 1. The van der Waals surface area contributed by atoms with Crippen molar-refractivity contribution in [3.8, 4) is 0 Å². The third-order valence-electron chi connectivity index (χ3n) is 2.97. The Hall–Kier alpha value is -2.36. The fourth-order valence-corrected chi connectivity index (χ4v) is 1.85. The van der Waals surface area contributed by atoms with E-state index >= 15 is 0 Å². The zero-order valence-corrected chi connectivity index (χ0v) is 11.1. The normalized spacial score (nSPS) is 11.9. The van der Waals surface area contributed by atoms with Gasteiger partial charge in [0.05, 0.1) is 5.92 Å². The van der Waals surface area contributed by atoms with Crippen molar-refractivity contribution in [1.29, 1.82) is 0 Å². The number of nitrogens with two attached hydrogens (primary N) is 1. The highest BCUT2D eigenvalue weighted by Crippen LogP contribution is 2.19. The summed E-state index contributed by atoms with van der Waals surface area (Å²) in [6.07, 6.45) is 1.68. The highest BCUT2D eigenvalue weighted by atomic mass is 16.1. The Labute approximate surface area is 112 Å². The van der Waals surface area contributed by atoms with Crippen molar-refractivity contribution in [3.63, 3.8) is 0 Å². The molecule has 4 heteroatoms. The van der Waals surface area contributed by atoms with E-state index in [0.717, 1.165) is 16.9 Å². The van der Waals surface area contributed by atoms with Gasteiger partial charge in [-0.1, -0.05) is 12.1 Å². The van der Waals surface area contributed by atoms with Crippen LogP contribution in [0.2, 0.25) is 0 Å². The number of nitrogens with zero attached hydrogens (tertiary/aromatic N) is 1. The number of anilines is 2. The van der Waals surface area contributed by atoms with Crippen LogP contribution < -0.4 is 11.1 Å². The highest BCUT2D eigenvalue weighted by Gasteiger charge is 2.15. The second kappa shape index (κ2) is 5.52. The van der Waals surface area contributed by atoms with E-state index in [1.54, 1.807) is 18.3 Å². The van der Waals surface area contributed by atoms with Crippen LogP contribution >= 0.6 is 0 Å². The lowest BCUT2D eigenvalue weighted by atomic mass is 10.00. The number of carbonyl (C=O) groups is 1. The monoisotopic (exact) mass is 255 g/mol. The average Bonchev–Trinajstić information content (AvgIpc) is 2.38. The zero-order chi connectivity index (χ0) is 13.8. The summed E-state index contributed by atoms with van der Waals surface area (Å²) in [5, 5.41) is 2.88. The summed E-state index contributed by atoms with van der Waals surface area (Å²) < 4.78 is 0. The lowest BCUT2D eigenvalue weighted by molar-refractivity contribution is -0.117. The Morgan fingerprint density at radius 2 is 2.11 bits per heavy atom. The van der Waals surface area contributed by atoms with Gasteiger partial charge in [-0.15, -0.1) is 0 Å². The third kappa shape index (κ3) is 3.31. The van der Waals surface area contributed by atoms with Crippen molar-refractivity contribution in [2.75, 3.05) is 11.1 Å². The minimum absolute atomic E-state index is 0.0591. The largest absolute Gasteiger partial charge is 0.399 e. The topological polar surface area (TPSA) is 68.0 Å². The van der Waals surface area contributed by atoms with E-state index in [0.29, 0.717) is 5.69 Å². The Bertz CT molecular complexity index is 595. The van der Waals surface area contributed by atoms with Crippen molar-refractivity contribution >= 4 is 17.3 Å². The van der Waals surface area contributed by atoms with Crippen LogP contribution in [0.1, 0.15) is 24.1 Å². The third-order valence-corrected chi connectivity index (χ3v) is 2.97. The van der Waals surface area contributed by atoms with Gasteiger partial charge in [-0.25, -0.2) is 0 Å². The number of benzene rings is 1. The van der Waals surface area contributed by atoms with Crippen LogP contribution in [0.4, 0.5) is 11.4 Å².